The van der Waals surface area contributed by atoms with Gasteiger partial charge in [-0.1, -0.05) is 12.1 Å². The van der Waals surface area contributed by atoms with Crippen LogP contribution in [0.25, 0.3) is 0 Å². The second-order valence-corrected chi connectivity index (χ2v) is 7.48. The topological polar surface area (TPSA) is 116 Å². The van der Waals surface area contributed by atoms with Gasteiger partial charge >= 0.3 is 5.97 Å². The Kier molecular flexibility index (Phi) is 6.37. The van der Waals surface area contributed by atoms with Crippen LogP contribution in [0.3, 0.4) is 0 Å². The number of benzene rings is 2. The van der Waals surface area contributed by atoms with Crippen molar-refractivity contribution in [1.29, 1.82) is 0 Å². The molecule has 0 aliphatic heterocycles. The number of carboxylic acid groups (broad SMARTS) is 1. The molecule has 27 heavy (non-hydrogen) atoms. The van der Waals surface area contributed by atoms with Gasteiger partial charge < -0.3 is 5.11 Å². The van der Waals surface area contributed by atoms with Crippen LogP contribution in [0.15, 0.2) is 58.5 Å². The molecule has 2 aromatic rings. The maximum atomic E-state index is 12.9. The van der Waals surface area contributed by atoms with Gasteiger partial charge in [0.05, 0.1) is 23.2 Å². The third-order valence-corrected chi connectivity index (χ3v) is 5.27. The van der Waals surface area contributed by atoms with Crippen LogP contribution < -0.4 is 5.43 Å². The standard InChI is InChI=1S/C17H16FN3O5S/c1-21(27(25,26)15-8-6-14(18)7-9-15)11-16(22)20-19-10-12-2-4-13(5-3-12)17(23)24/h2-10H,11H2,1H3,(H,20,22)(H,23,24)/b19-10-. The molecule has 0 bridgehead atoms. The van der Waals surface area contributed by atoms with Gasteiger partial charge in [0, 0.05) is 7.05 Å². The molecule has 0 saturated carbocycles. The zero-order valence-electron chi connectivity index (χ0n) is 14.2. The van der Waals surface area contributed by atoms with Crippen molar-refractivity contribution < 1.29 is 27.5 Å². The number of carbonyl (C=O) groups excluding carboxylic acids is 1. The van der Waals surface area contributed by atoms with Crippen molar-refractivity contribution in [1.82, 2.24) is 9.73 Å². The Labute approximate surface area is 155 Å². The van der Waals surface area contributed by atoms with E-state index in [1.165, 1.54) is 37.5 Å². The molecule has 2 aromatic carbocycles. The fourth-order valence-corrected chi connectivity index (χ4v) is 3.13. The molecule has 0 heterocycles. The molecule has 0 saturated heterocycles. The Morgan fingerprint density at radius 1 is 1.15 bits per heavy atom. The fourth-order valence-electron chi connectivity index (χ4n) is 2.00. The van der Waals surface area contributed by atoms with Gasteiger partial charge in [0.15, 0.2) is 0 Å². The van der Waals surface area contributed by atoms with Crippen LogP contribution in [0.5, 0.6) is 0 Å². The van der Waals surface area contributed by atoms with Crippen molar-refractivity contribution in [3.05, 3.63) is 65.5 Å². The number of carbonyl (C=O) groups is 2. The zero-order valence-corrected chi connectivity index (χ0v) is 15.0. The molecule has 0 aromatic heterocycles. The summed E-state index contributed by atoms with van der Waals surface area (Å²) in [6, 6.07) is 10.0. The normalized spacial score (nSPS) is 11.7. The highest BCUT2D eigenvalue weighted by Crippen LogP contribution is 2.14. The van der Waals surface area contributed by atoms with Crippen molar-refractivity contribution in [2.75, 3.05) is 13.6 Å². The molecule has 0 atom stereocenters. The van der Waals surface area contributed by atoms with Crippen molar-refractivity contribution in [3.8, 4) is 0 Å². The molecular weight excluding hydrogens is 377 g/mol. The van der Waals surface area contributed by atoms with Crippen molar-refractivity contribution in [3.63, 3.8) is 0 Å². The van der Waals surface area contributed by atoms with Gasteiger partial charge in [-0.3, -0.25) is 4.79 Å². The minimum atomic E-state index is -3.94. The minimum absolute atomic E-state index is 0.115. The number of likely N-dealkylation sites (N-methyl/N-ethyl adjacent to an activating group) is 1. The highest BCUT2D eigenvalue weighted by molar-refractivity contribution is 7.89. The third-order valence-electron chi connectivity index (χ3n) is 3.45. The zero-order chi connectivity index (χ0) is 20.0. The minimum Gasteiger partial charge on any atom is -0.478 e. The Morgan fingerprint density at radius 2 is 1.74 bits per heavy atom. The summed E-state index contributed by atoms with van der Waals surface area (Å²) in [7, 11) is -2.73. The molecule has 1 amide bonds. The first-order valence-corrected chi connectivity index (χ1v) is 9.01. The van der Waals surface area contributed by atoms with E-state index in [9.17, 15) is 22.4 Å². The van der Waals surface area contributed by atoms with Gasteiger partial charge in [-0.2, -0.15) is 9.41 Å². The van der Waals surface area contributed by atoms with Gasteiger partial charge in [-0.15, -0.1) is 0 Å². The number of carboxylic acids is 1. The lowest BCUT2D eigenvalue weighted by Crippen LogP contribution is -2.36. The molecule has 10 heteroatoms. The van der Waals surface area contributed by atoms with E-state index in [-0.39, 0.29) is 10.5 Å². The summed E-state index contributed by atoms with van der Waals surface area (Å²) in [6.07, 6.45) is 1.29. The number of nitrogens with zero attached hydrogens (tertiary/aromatic N) is 2. The van der Waals surface area contributed by atoms with Gasteiger partial charge in [-0.05, 0) is 42.0 Å². The third kappa shape index (κ3) is 5.43. The van der Waals surface area contributed by atoms with Gasteiger partial charge in [-0.25, -0.2) is 23.0 Å². The number of amides is 1. The monoisotopic (exact) mass is 393 g/mol. The van der Waals surface area contributed by atoms with Crippen LogP contribution in [0.1, 0.15) is 15.9 Å². The first-order valence-electron chi connectivity index (χ1n) is 7.57. The fraction of sp³-hybridized carbons (Fsp3) is 0.118. The van der Waals surface area contributed by atoms with Crippen molar-refractivity contribution in [2.24, 2.45) is 5.10 Å². The lowest BCUT2D eigenvalue weighted by atomic mass is 10.1. The van der Waals surface area contributed by atoms with E-state index in [1.807, 2.05) is 0 Å². The van der Waals surface area contributed by atoms with E-state index in [4.69, 9.17) is 5.11 Å². The van der Waals surface area contributed by atoms with Crippen LogP contribution in [0.4, 0.5) is 4.39 Å². The Morgan fingerprint density at radius 3 is 2.30 bits per heavy atom. The van der Waals surface area contributed by atoms with Crippen LogP contribution >= 0.6 is 0 Å². The number of aromatic carboxylic acids is 1. The second-order valence-electron chi connectivity index (χ2n) is 5.44. The molecular formula is C17H16FN3O5S. The molecule has 2 rings (SSSR count). The van der Waals surface area contributed by atoms with Crippen LogP contribution in [0, 0.1) is 5.82 Å². The summed E-state index contributed by atoms with van der Waals surface area (Å²) in [5.41, 5.74) is 2.84. The van der Waals surface area contributed by atoms with Gasteiger partial charge in [0.2, 0.25) is 10.0 Å². The van der Waals surface area contributed by atoms with Gasteiger partial charge in [0.25, 0.3) is 5.91 Å². The molecule has 0 radical (unpaired) electrons. The molecule has 142 valence electrons. The van der Waals surface area contributed by atoms with Crippen LogP contribution in [0.2, 0.25) is 0 Å². The Balaban J connectivity index is 1.94. The predicted octanol–water partition coefficient (Wildman–Crippen LogP) is 1.29. The van der Waals surface area contributed by atoms with E-state index < -0.39 is 34.3 Å². The highest BCUT2D eigenvalue weighted by atomic mass is 32.2. The summed E-state index contributed by atoms with van der Waals surface area (Å²) in [5, 5.41) is 12.5. The summed E-state index contributed by atoms with van der Waals surface area (Å²) in [6.45, 7) is -0.491. The van der Waals surface area contributed by atoms with E-state index in [2.05, 4.69) is 10.5 Å². The molecule has 0 spiro atoms. The lowest BCUT2D eigenvalue weighted by molar-refractivity contribution is -0.121. The van der Waals surface area contributed by atoms with E-state index in [0.29, 0.717) is 5.56 Å². The molecule has 0 unspecified atom stereocenters. The van der Waals surface area contributed by atoms with Crippen molar-refractivity contribution in [2.45, 2.75) is 4.90 Å². The summed E-state index contributed by atoms with van der Waals surface area (Å²) < 4.78 is 38.3. The number of hydrazone groups is 1. The van der Waals surface area contributed by atoms with E-state index >= 15 is 0 Å². The number of nitrogens with one attached hydrogen (secondary N) is 1. The average molecular weight is 393 g/mol. The number of sulfonamides is 1. The maximum Gasteiger partial charge on any atom is 0.335 e. The first kappa shape index (κ1) is 20.2. The van der Waals surface area contributed by atoms with E-state index in [1.54, 1.807) is 0 Å². The number of hydrogen-bond acceptors (Lipinski definition) is 5. The quantitative estimate of drug-likeness (QED) is 0.543. The smallest absolute Gasteiger partial charge is 0.335 e. The predicted molar refractivity (Wildman–Crippen MR) is 95.4 cm³/mol. The Hall–Kier alpha value is -3.11. The first-order chi connectivity index (χ1) is 12.7. The van der Waals surface area contributed by atoms with Crippen molar-refractivity contribution >= 4 is 28.1 Å². The largest absolute Gasteiger partial charge is 0.478 e. The number of halogens is 1. The SMILES string of the molecule is CN(CC(=O)N/N=C\c1ccc(C(=O)O)cc1)S(=O)(=O)c1ccc(F)cc1. The number of hydrogen-bond donors (Lipinski definition) is 2. The molecule has 0 aliphatic rings. The molecule has 8 nitrogen and oxygen atoms in total. The molecule has 2 N–H and O–H groups in total. The van der Waals surface area contributed by atoms with Gasteiger partial charge in [0.1, 0.15) is 5.82 Å². The lowest BCUT2D eigenvalue weighted by Gasteiger charge is -2.16. The number of rotatable bonds is 7. The van der Waals surface area contributed by atoms with E-state index in [0.717, 1.165) is 28.6 Å². The average Bonchev–Trinajstić information content (AvgIpc) is 2.62. The highest BCUT2D eigenvalue weighted by Gasteiger charge is 2.22. The summed E-state index contributed by atoms with van der Waals surface area (Å²) >= 11 is 0. The van der Waals surface area contributed by atoms with Crippen LogP contribution in [-0.4, -0.2) is 49.5 Å². The summed E-state index contributed by atoms with van der Waals surface area (Å²) in [5.74, 6) is -2.31. The molecule has 0 aliphatic carbocycles. The molecule has 0 fully saturated rings. The summed E-state index contributed by atoms with van der Waals surface area (Å²) in [4.78, 5) is 22.5. The van der Waals surface area contributed by atoms with Crippen LogP contribution in [-0.2, 0) is 14.8 Å². The second kappa shape index (κ2) is 8.52. The maximum absolute atomic E-state index is 12.9. The Bertz CT molecular complexity index is 957.